The van der Waals surface area contributed by atoms with Gasteiger partial charge in [-0.3, -0.25) is 9.69 Å². The number of benzene rings is 1. The van der Waals surface area contributed by atoms with Gasteiger partial charge in [-0.05, 0) is 38.0 Å². The standard InChI is InChI=1S/C21H21F2N5O2/c1-4-20(13-24)9-11-28(18(20)29)17-8-10-25-19(27-17)26-15-6-5-7-16(12-15)30-21(22,23)14(2)3/h5-8,10,12H,2,4,9,11H2,1,3H3,(H,25,26,27). The number of hydrogen-bond donors (Lipinski definition) is 1. The van der Waals surface area contributed by atoms with Crippen molar-refractivity contribution >= 4 is 23.4 Å². The fraction of sp³-hybridized carbons (Fsp3) is 0.333. The van der Waals surface area contributed by atoms with Gasteiger partial charge in [-0.2, -0.15) is 19.0 Å². The maximum atomic E-state index is 13.7. The van der Waals surface area contributed by atoms with Crippen LogP contribution in [0.3, 0.4) is 0 Å². The highest BCUT2D eigenvalue weighted by Crippen LogP contribution is 2.37. The Balaban J connectivity index is 1.79. The first-order chi connectivity index (χ1) is 14.2. The molecule has 30 heavy (non-hydrogen) atoms. The second-order valence-corrected chi connectivity index (χ2v) is 7.04. The van der Waals surface area contributed by atoms with Gasteiger partial charge >= 0.3 is 6.11 Å². The van der Waals surface area contributed by atoms with Gasteiger partial charge in [0.2, 0.25) is 11.9 Å². The van der Waals surface area contributed by atoms with Gasteiger partial charge in [-0.25, -0.2) is 4.98 Å². The highest BCUT2D eigenvalue weighted by Gasteiger charge is 2.46. The Labute approximate surface area is 173 Å². The predicted molar refractivity (Wildman–Crippen MR) is 107 cm³/mol. The number of alkyl halides is 2. The van der Waals surface area contributed by atoms with E-state index in [1.54, 1.807) is 18.2 Å². The molecule has 0 spiro atoms. The van der Waals surface area contributed by atoms with Crippen LogP contribution in [0.2, 0.25) is 0 Å². The number of rotatable bonds is 7. The molecule has 1 aliphatic rings. The number of carbonyl (C=O) groups excluding carboxylic acids is 1. The molecule has 1 aromatic heterocycles. The number of hydrogen-bond acceptors (Lipinski definition) is 6. The molecule has 1 amide bonds. The van der Waals surface area contributed by atoms with Crippen molar-refractivity contribution in [1.29, 1.82) is 5.26 Å². The number of carbonyl (C=O) groups is 1. The molecule has 9 heteroatoms. The minimum Gasteiger partial charge on any atom is -0.429 e. The normalized spacial score (nSPS) is 18.8. The fourth-order valence-electron chi connectivity index (χ4n) is 3.06. The van der Waals surface area contributed by atoms with E-state index in [2.05, 4.69) is 27.9 Å². The zero-order valence-electron chi connectivity index (χ0n) is 16.7. The number of anilines is 3. The van der Waals surface area contributed by atoms with Crippen molar-refractivity contribution in [2.45, 2.75) is 32.8 Å². The molecule has 1 N–H and O–H groups in total. The molecule has 2 aromatic rings. The first-order valence-electron chi connectivity index (χ1n) is 9.37. The summed E-state index contributed by atoms with van der Waals surface area (Å²) in [6, 6.07) is 9.68. The van der Waals surface area contributed by atoms with Gasteiger partial charge in [0.1, 0.15) is 17.0 Å². The molecule has 7 nitrogen and oxygen atoms in total. The van der Waals surface area contributed by atoms with Crippen LogP contribution in [0, 0.1) is 16.7 Å². The highest BCUT2D eigenvalue weighted by atomic mass is 19.3. The largest absolute Gasteiger partial charge is 0.429 e. The van der Waals surface area contributed by atoms with Crippen LogP contribution in [-0.4, -0.2) is 28.5 Å². The summed E-state index contributed by atoms with van der Waals surface area (Å²) in [6.45, 7) is 6.60. The lowest BCUT2D eigenvalue weighted by Gasteiger charge is -2.19. The van der Waals surface area contributed by atoms with E-state index in [4.69, 9.17) is 4.74 Å². The Hall–Kier alpha value is -3.54. The van der Waals surface area contributed by atoms with E-state index >= 15 is 0 Å². The summed E-state index contributed by atoms with van der Waals surface area (Å²) >= 11 is 0. The van der Waals surface area contributed by atoms with Crippen LogP contribution in [-0.2, 0) is 4.79 Å². The van der Waals surface area contributed by atoms with Crippen LogP contribution in [0.5, 0.6) is 5.75 Å². The number of nitrogens with one attached hydrogen (secondary N) is 1. The smallest absolute Gasteiger partial charge is 0.422 e. The molecule has 0 radical (unpaired) electrons. The Morgan fingerprint density at radius 3 is 2.87 bits per heavy atom. The Bertz CT molecular complexity index is 1020. The summed E-state index contributed by atoms with van der Waals surface area (Å²) in [6.07, 6.45) is -1.15. The second kappa shape index (κ2) is 8.06. The average Bonchev–Trinajstić information content (AvgIpc) is 3.05. The number of aromatic nitrogens is 2. The van der Waals surface area contributed by atoms with E-state index in [0.717, 1.165) is 0 Å². The number of nitriles is 1. The zero-order chi connectivity index (χ0) is 21.9. The minimum atomic E-state index is -3.49. The molecule has 2 heterocycles. The molecule has 1 fully saturated rings. The number of nitrogens with zero attached hydrogens (tertiary/aromatic N) is 4. The monoisotopic (exact) mass is 413 g/mol. The molecular weight excluding hydrogens is 392 g/mol. The molecule has 0 saturated carbocycles. The molecule has 1 atom stereocenters. The molecule has 1 aliphatic heterocycles. The van der Waals surface area contributed by atoms with Gasteiger partial charge in [-0.1, -0.05) is 19.6 Å². The van der Waals surface area contributed by atoms with Gasteiger partial charge in [0.05, 0.1) is 6.07 Å². The van der Waals surface area contributed by atoms with Crippen LogP contribution in [0.15, 0.2) is 48.7 Å². The van der Waals surface area contributed by atoms with Crippen LogP contribution in [0.25, 0.3) is 0 Å². The Morgan fingerprint density at radius 2 is 2.23 bits per heavy atom. The minimum absolute atomic E-state index is 0.0550. The molecule has 0 aliphatic carbocycles. The molecule has 1 aromatic carbocycles. The second-order valence-electron chi connectivity index (χ2n) is 7.04. The van der Waals surface area contributed by atoms with Gasteiger partial charge < -0.3 is 10.1 Å². The van der Waals surface area contributed by atoms with Gasteiger partial charge in [0.15, 0.2) is 0 Å². The predicted octanol–water partition coefficient (Wildman–Crippen LogP) is 4.42. The van der Waals surface area contributed by atoms with Gasteiger partial charge in [0, 0.05) is 30.1 Å². The van der Waals surface area contributed by atoms with E-state index in [-0.39, 0.29) is 17.6 Å². The quantitative estimate of drug-likeness (QED) is 0.676. The SMILES string of the molecule is C=C(C)C(F)(F)Oc1cccc(Nc2nccc(N3CCC(C#N)(CC)C3=O)n2)c1. The van der Waals surface area contributed by atoms with Crippen molar-refractivity contribution in [3.63, 3.8) is 0 Å². The third-order valence-electron chi connectivity index (χ3n) is 4.98. The van der Waals surface area contributed by atoms with Crippen molar-refractivity contribution in [3.8, 4) is 11.8 Å². The molecule has 1 saturated heterocycles. The first-order valence-corrected chi connectivity index (χ1v) is 9.37. The van der Waals surface area contributed by atoms with Gasteiger partial charge in [0.25, 0.3) is 0 Å². The molecule has 1 unspecified atom stereocenters. The number of ether oxygens (including phenoxy) is 1. The van der Waals surface area contributed by atoms with Crippen molar-refractivity contribution < 1.29 is 18.3 Å². The van der Waals surface area contributed by atoms with E-state index in [0.29, 0.717) is 30.9 Å². The lowest BCUT2D eigenvalue weighted by atomic mass is 9.85. The van der Waals surface area contributed by atoms with E-state index in [1.807, 2.05) is 6.92 Å². The molecule has 0 bridgehead atoms. The number of amides is 1. The third-order valence-corrected chi connectivity index (χ3v) is 4.98. The Morgan fingerprint density at radius 1 is 1.47 bits per heavy atom. The summed E-state index contributed by atoms with van der Waals surface area (Å²) < 4.78 is 32.2. The maximum Gasteiger partial charge on any atom is 0.422 e. The Kier molecular flexibility index (Phi) is 5.69. The topological polar surface area (TPSA) is 91.1 Å². The summed E-state index contributed by atoms with van der Waals surface area (Å²) in [4.78, 5) is 22.6. The van der Waals surface area contributed by atoms with Crippen molar-refractivity contribution in [3.05, 3.63) is 48.7 Å². The number of halogens is 2. The molecular formula is C21H21F2N5O2. The van der Waals surface area contributed by atoms with E-state index in [9.17, 15) is 18.8 Å². The third kappa shape index (κ3) is 4.08. The van der Waals surface area contributed by atoms with Crippen LogP contribution < -0.4 is 15.0 Å². The van der Waals surface area contributed by atoms with E-state index in [1.165, 1.54) is 30.2 Å². The van der Waals surface area contributed by atoms with E-state index < -0.39 is 17.1 Å². The lowest BCUT2D eigenvalue weighted by Crippen LogP contribution is -2.33. The van der Waals surface area contributed by atoms with Crippen molar-refractivity contribution in [1.82, 2.24) is 9.97 Å². The highest BCUT2D eigenvalue weighted by molar-refractivity contribution is 6.01. The molecule has 3 rings (SSSR count). The molecule has 156 valence electrons. The fourth-order valence-corrected chi connectivity index (χ4v) is 3.06. The first kappa shape index (κ1) is 21.2. The zero-order valence-corrected chi connectivity index (χ0v) is 16.7. The van der Waals surface area contributed by atoms with Crippen LogP contribution in [0.4, 0.5) is 26.2 Å². The van der Waals surface area contributed by atoms with Gasteiger partial charge in [-0.15, -0.1) is 0 Å². The van der Waals surface area contributed by atoms with Crippen molar-refractivity contribution in [2.75, 3.05) is 16.8 Å². The van der Waals surface area contributed by atoms with Crippen LogP contribution >= 0.6 is 0 Å². The average molecular weight is 413 g/mol. The summed E-state index contributed by atoms with van der Waals surface area (Å²) in [5, 5.41) is 12.3. The summed E-state index contributed by atoms with van der Waals surface area (Å²) in [7, 11) is 0. The summed E-state index contributed by atoms with van der Waals surface area (Å²) in [5.74, 6) is 0.203. The maximum absolute atomic E-state index is 13.7. The van der Waals surface area contributed by atoms with Crippen molar-refractivity contribution in [2.24, 2.45) is 5.41 Å². The summed E-state index contributed by atoms with van der Waals surface area (Å²) in [5.41, 5.74) is -1.01. The van der Waals surface area contributed by atoms with Crippen LogP contribution in [0.1, 0.15) is 26.7 Å². The lowest BCUT2D eigenvalue weighted by molar-refractivity contribution is -0.141.